The molecule has 36 heavy (non-hydrogen) atoms. The number of nitrogens with zero attached hydrogens (tertiary/aromatic N) is 4. The molecule has 0 unspecified atom stereocenters. The average Bonchev–Trinajstić information content (AvgIpc) is 3.54. The summed E-state index contributed by atoms with van der Waals surface area (Å²) in [6.07, 6.45) is 3.06. The first-order chi connectivity index (χ1) is 17.5. The number of anilines is 1. The molecule has 1 aromatic carbocycles. The van der Waals surface area contributed by atoms with Gasteiger partial charge in [0, 0.05) is 46.4 Å². The summed E-state index contributed by atoms with van der Waals surface area (Å²) in [4.78, 5) is 58.7. The van der Waals surface area contributed by atoms with Crippen molar-refractivity contribution >= 4 is 29.3 Å². The maximum absolute atomic E-state index is 13.4. The molecule has 3 aliphatic rings. The molecule has 3 aliphatic heterocycles. The Kier molecular flexibility index (Phi) is 6.77. The lowest BCUT2D eigenvalue weighted by atomic mass is 9.94. The van der Waals surface area contributed by atoms with Crippen LogP contribution < -0.4 is 4.90 Å². The third-order valence-electron chi connectivity index (χ3n) is 7.22. The molecule has 4 heterocycles. The molecule has 10 nitrogen and oxygen atoms in total. The van der Waals surface area contributed by atoms with E-state index in [2.05, 4.69) is 4.90 Å². The van der Waals surface area contributed by atoms with Crippen LogP contribution in [-0.4, -0.2) is 97.9 Å². The highest BCUT2D eigenvalue weighted by Crippen LogP contribution is 2.34. The van der Waals surface area contributed by atoms with Gasteiger partial charge in [-0.05, 0) is 37.1 Å². The van der Waals surface area contributed by atoms with Gasteiger partial charge in [-0.25, -0.2) is 0 Å². The number of benzene rings is 1. The number of fused-ring (bicyclic) bond motifs is 1. The Hall–Kier alpha value is -3.66. The number of carbonyl (C=O) groups excluding carboxylic acids is 4. The van der Waals surface area contributed by atoms with Gasteiger partial charge in [-0.2, -0.15) is 0 Å². The first kappa shape index (κ1) is 24.1. The lowest BCUT2D eigenvalue weighted by molar-refractivity contribution is -0.137. The fourth-order valence-electron chi connectivity index (χ4n) is 5.31. The molecule has 0 saturated carbocycles. The molecule has 0 bridgehead atoms. The Labute approximate surface area is 209 Å². The summed E-state index contributed by atoms with van der Waals surface area (Å²) in [7, 11) is 1.53. The zero-order valence-corrected chi connectivity index (χ0v) is 20.4. The van der Waals surface area contributed by atoms with Gasteiger partial charge in [0.2, 0.25) is 5.91 Å². The average molecular weight is 495 g/mol. The molecule has 1 atom stereocenters. The van der Waals surface area contributed by atoms with Gasteiger partial charge in [0.05, 0.1) is 42.1 Å². The first-order valence-electron chi connectivity index (χ1n) is 12.3. The highest BCUT2D eigenvalue weighted by Gasteiger charge is 2.39. The molecule has 1 aromatic heterocycles. The maximum atomic E-state index is 13.4. The molecule has 2 fully saturated rings. The van der Waals surface area contributed by atoms with Crippen LogP contribution in [0.5, 0.6) is 0 Å². The zero-order valence-electron chi connectivity index (χ0n) is 20.4. The van der Waals surface area contributed by atoms with Gasteiger partial charge in [0.25, 0.3) is 17.7 Å². The van der Waals surface area contributed by atoms with E-state index in [1.165, 1.54) is 18.3 Å². The highest BCUT2D eigenvalue weighted by atomic mass is 16.5. The number of rotatable bonds is 6. The van der Waals surface area contributed by atoms with Crippen molar-refractivity contribution < 1.29 is 28.3 Å². The molecule has 4 amide bonds. The summed E-state index contributed by atoms with van der Waals surface area (Å²) < 4.78 is 10.3. The van der Waals surface area contributed by atoms with Crippen LogP contribution >= 0.6 is 0 Å². The molecule has 5 rings (SSSR count). The summed E-state index contributed by atoms with van der Waals surface area (Å²) in [6.45, 7) is 3.56. The van der Waals surface area contributed by atoms with Crippen LogP contribution in [0.4, 0.5) is 5.69 Å². The van der Waals surface area contributed by atoms with E-state index in [-0.39, 0.29) is 42.7 Å². The van der Waals surface area contributed by atoms with Crippen molar-refractivity contribution in [2.45, 2.75) is 12.8 Å². The van der Waals surface area contributed by atoms with Crippen LogP contribution in [-0.2, 0) is 9.53 Å². The Balaban J connectivity index is 1.25. The zero-order chi connectivity index (χ0) is 25.2. The molecule has 0 spiro atoms. The largest absolute Gasteiger partial charge is 0.459 e. The Morgan fingerprint density at radius 1 is 1.00 bits per heavy atom. The summed E-state index contributed by atoms with van der Waals surface area (Å²) in [5.74, 6) is -0.608. The van der Waals surface area contributed by atoms with Gasteiger partial charge in [-0.1, -0.05) is 6.07 Å². The summed E-state index contributed by atoms with van der Waals surface area (Å²) in [6, 6.07) is 8.66. The van der Waals surface area contributed by atoms with E-state index in [4.69, 9.17) is 9.15 Å². The van der Waals surface area contributed by atoms with Crippen molar-refractivity contribution in [3.63, 3.8) is 0 Å². The summed E-state index contributed by atoms with van der Waals surface area (Å²) in [5, 5.41) is 0. The normalized spacial score (nSPS) is 20.2. The predicted molar refractivity (Wildman–Crippen MR) is 130 cm³/mol. The third kappa shape index (κ3) is 4.37. The van der Waals surface area contributed by atoms with Crippen LogP contribution in [0.1, 0.15) is 44.1 Å². The second-order valence-corrected chi connectivity index (χ2v) is 9.33. The highest BCUT2D eigenvalue weighted by molar-refractivity contribution is 6.23. The van der Waals surface area contributed by atoms with Crippen molar-refractivity contribution in [2.75, 3.05) is 64.4 Å². The number of furan rings is 1. The van der Waals surface area contributed by atoms with E-state index in [0.717, 1.165) is 12.8 Å². The van der Waals surface area contributed by atoms with E-state index >= 15 is 0 Å². The quantitative estimate of drug-likeness (QED) is 0.564. The molecule has 2 aromatic rings. The molecule has 0 N–H and O–H groups in total. The number of piperidine rings is 1. The number of carbonyl (C=O) groups is 4. The Morgan fingerprint density at radius 2 is 1.78 bits per heavy atom. The monoisotopic (exact) mass is 494 g/mol. The van der Waals surface area contributed by atoms with Crippen molar-refractivity contribution in [1.82, 2.24) is 14.7 Å². The number of piperazine rings is 1. The van der Waals surface area contributed by atoms with Crippen LogP contribution in [0.2, 0.25) is 0 Å². The first-order valence-corrected chi connectivity index (χ1v) is 12.3. The van der Waals surface area contributed by atoms with E-state index < -0.39 is 0 Å². The molecule has 10 heteroatoms. The summed E-state index contributed by atoms with van der Waals surface area (Å²) in [5.41, 5.74) is 1.52. The van der Waals surface area contributed by atoms with Crippen molar-refractivity contribution in [3.8, 4) is 0 Å². The van der Waals surface area contributed by atoms with E-state index in [0.29, 0.717) is 61.8 Å². The van der Waals surface area contributed by atoms with Gasteiger partial charge < -0.3 is 23.9 Å². The van der Waals surface area contributed by atoms with Crippen LogP contribution in [0, 0.1) is 5.92 Å². The minimum Gasteiger partial charge on any atom is -0.459 e. The van der Waals surface area contributed by atoms with E-state index in [1.54, 1.807) is 29.2 Å². The Morgan fingerprint density at radius 3 is 2.50 bits per heavy atom. The Bertz CT molecular complexity index is 1160. The predicted octanol–water partition coefficient (Wildman–Crippen LogP) is 1.72. The minimum absolute atomic E-state index is 0.0708. The molecular weight excluding hydrogens is 464 g/mol. The topological polar surface area (TPSA) is 104 Å². The molecule has 0 aliphatic carbocycles. The number of amides is 4. The van der Waals surface area contributed by atoms with Gasteiger partial charge in [-0.3, -0.25) is 24.1 Å². The number of ether oxygens (including phenoxy) is 1. The molecular formula is C26H30N4O6. The number of methoxy groups -OCH3 is 1. The van der Waals surface area contributed by atoms with Crippen LogP contribution in [0.25, 0.3) is 0 Å². The second-order valence-electron chi connectivity index (χ2n) is 9.33. The van der Waals surface area contributed by atoms with Crippen LogP contribution in [0.3, 0.4) is 0 Å². The number of hydrogen-bond acceptors (Lipinski definition) is 7. The minimum atomic E-state index is -0.312. The number of imide groups is 1. The smallest absolute Gasteiger partial charge is 0.289 e. The summed E-state index contributed by atoms with van der Waals surface area (Å²) >= 11 is 0. The standard InChI is InChI=1S/C26H30N4O6/c1-35-16-14-30-24(32)19-6-2-7-20(22(19)26(30)34)29-9-3-5-18(17-29)23(31)27-10-12-28(13-11-27)25(33)21-8-4-15-36-21/h2,4,6-8,15,18H,3,5,9-14,16-17H2,1H3/t18-/m0/s1. The third-order valence-corrected chi connectivity index (χ3v) is 7.22. The molecule has 190 valence electrons. The molecule has 2 saturated heterocycles. The van der Waals surface area contributed by atoms with Crippen LogP contribution in [0.15, 0.2) is 41.0 Å². The SMILES string of the molecule is COCCN1C(=O)c2cccc(N3CCC[C@H](C(=O)N4CCN(C(=O)c5ccco5)CC4)C3)c2C1=O. The van der Waals surface area contributed by atoms with Gasteiger partial charge in [0.1, 0.15) is 0 Å². The van der Waals surface area contributed by atoms with Gasteiger partial charge in [-0.15, -0.1) is 0 Å². The van der Waals surface area contributed by atoms with E-state index in [1.807, 2.05) is 11.0 Å². The van der Waals surface area contributed by atoms with Crippen molar-refractivity contribution in [3.05, 3.63) is 53.5 Å². The lowest BCUT2D eigenvalue weighted by Crippen LogP contribution is -2.53. The van der Waals surface area contributed by atoms with Crippen molar-refractivity contribution in [2.24, 2.45) is 5.92 Å². The van der Waals surface area contributed by atoms with Gasteiger partial charge in [0.15, 0.2) is 5.76 Å². The number of hydrogen-bond donors (Lipinski definition) is 0. The fraction of sp³-hybridized carbons (Fsp3) is 0.462. The van der Waals surface area contributed by atoms with Gasteiger partial charge >= 0.3 is 0 Å². The van der Waals surface area contributed by atoms with E-state index in [9.17, 15) is 19.2 Å². The fourth-order valence-corrected chi connectivity index (χ4v) is 5.31. The maximum Gasteiger partial charge on any atom is 0.289 e. The van der Waals surface area contributed by atoms with Crippen molar-refractivity contribution in [1.29, 1.82) is 0 Å². The lowest BCUT2D eigenvalue weighted by Gasteiger charge is -2.39. The second kappa shape index (κ2) is 10.1. The molecule has 0 radical (unpaired) electrons.